The number of piperazine rings is 1. The topological polar surface area (TPSA) is 55.9 Å². The molecule has 0 spiro atoms. The molecule has 0 saturated carbocycles. The Morgan fingerprint density at radius 3 is 2.58 bits per heavy atom. The van der Waals surface area contributed by atoms with Crippen LogP contribution < -0.4 is 5.32 Å². The lowest BCUT2D eigenvalue weighted by atomic mass is 10.1. The summed E-state index contributed by atoms with van der Waals surface area (Å²) >= 11 is 0. The first-order valence-electron chi connectivity index (χ1n) is 8.65. The maximum absolute atomic E-state index is 12.2. The van der Waals surface area contributed by atoms with Gasteiger partial charge >= 0.3 is 6.03 Å². The predicted octanol–water partition coefficient (Wildman–Crippen LogP) is 0.992. The maximum atomic E-state index is 12.2. The zero-order chi connectivity index (χ0) is 16.9. The smallest absolute Gasteiger partial charge is 0.317 e. The summed E-state index contributed by atoms with van der Waals surface area (Å²) in [6.07, 6.45) is 0.524. The molecule has 6 nitrogen and oxygen atoms in total. The molecule has 1 atom stereocenters. The van der Waals surface area contributed by atoms with Gasteiger partial charge in [-0.05, 0) is 12.6 Å². The largest absolute Gasteiger partial charge is 0.338 e. The van der Waals surface area contributed by atoms with Crippen LogP contribution in [-0.2, 0) is 11.3 Å². The predicted molar refractivity (Wildman–Crippen MR) is 92.4 cm³/mol. The molecule has 2 aliphatic heterocycles. The van der Waals surface area contributed by atoms with Crippen LogP contribution in [0, 0.1) is 5.92 Å². The van der Waals surface area contributed by atoms with Gasteiger partial charge in [-0.3, -0.25) is 4.79 Å². The van der Waals surface area contributed by atoms with Crippen LogP contribution in [0.5, 0.6) is 0 Å². The maximum Gasteiger partial charge on any atom is 0.317 e. The number of likely N-dealkylation sites (N-methyl/N-ethyl adjacent to an activating group) is 1. The molecule has 0 aliphatic carbocycles. The molecular formula is C18H26N4O2. The monoisotopic (exact) mass is 330 g/mol. The normalized spacial score (nSPS) is 22.0. The lowest BCUT2D eigenvalue weighted by molar-refractivity contribution is -0.128. The van der Waals surface area contributed by atoms with Crippen molar-refractivity contribution in [2.45, 2.75) is 13.0 Å². The third kappa shape index (κ3) is 4.26. The lowest BCUT2D eigenvalue weighted by Crippen LogP contribution is -2.51. The van der Waals surface area contributed by atoms with Crippen molar-refractivity contribution in [1.29, 1.82) is 0 Å². The summed E-state index contributed by atoms with van der Waals surface area (Å²) in [4.78, 5) is 30.4. The second kappa shape index (κ2) is 7.66. The molecule has 1 aromatic rings. The molecule has 2 saturated heterocycles. The van der Waals surface area contributed by atoms with Gasteiger partial charge in [0.1, 0.15) is 0 Å². The summed E-state index contributed by atoms with van der Waals surface area (Å²) in [6.45, 7) is 5.32. The van der Waals surface area contributed by atoms with Crippen LogP contribution in [0.15, 0.2) is 30.3 Å². The van der Waals surface area contributed by atoms with Gasteiger partial charge in [0, 0.05) is 58.2 Å². The molecule has 6 heteroatoms. The Morgan fingerprint density at radius 2 is 1.88 bits per heavy atom. The van der Waals surface area contributed by atoms with E-state index in [0.29, 0.717) is 19.5 Å². The Bertz CT molecular complexity index is 570. The second-order valence-corrected chi connectivity index (χ2v) is 6.81. The minimum absolute atomic E-state index is 0.00272. The molecular weight excluding hydrogens is 304 g/mol. The quantitative estimate of drug-likeness (QED) is 0.896. The summed E-state index contributed by atoms with van der Waals surface area (Å²) in [5.74, 6) is 0.385. The Morgan fingerprint density at radius 1 is 1.17 bits per heavy atom. The van der Waals surface area contributed by atoms with E-state index >= 15 is 0 Å². The molecule has 2 fully saturated rings. The van der Waals surface area contributed by atoms with E-state index in [0.717, 1.165) is 38.3 Å². The number of rotatable bonds is 4. The van der Waals surface area contributed by atoms with E-state index in [2.05, 4.69) is 17.3 Å². The second-order valence-electron chi connectivity index (χ2n) is 6.81. The van der Waals surface area contributed by atoms with Gasteiger partial charge < -0.3 is 20.0 Å². The SMILES string of the molecule is CN1CCN(C(=O)NCC2CC(=O)N(Cc3ccccc3)C2)CC1. The van der Waals surface area contributed by atoms with Crippen molar-refractivity contribution in [2.75, 3.05) is 46.3 Å². The van der Waals surface area contributed by atoms with E-state index in [-0.39, 0.29) is 17.9 Å². The Kier molecular flexibility index (Phi) is 5.35. The number of amides is 3. The Labute approximate surface area is 143 Å². The van der Waals surface area contributed by atoms with Gasteiger partial charge in [-0.25, -0.2) is 4.79 Å². The highest BCUT2D eigenvalue weighted by molar-refractivity contribution is 5.79. The molecule has 0 radical (unpaired) electrons. The van der Waals surface area contributed by atoms with Crippen LogP contribution >= 0.6 is 0 Å². The fourth-order valence-electron chi connectivity index (χ4n) is 3.30. The van der Waals surface area contributed by atoms with Gasteiger partial charge in [0.05, 0.1) is 0 Å². The third-order valence-electron chi connectivity index (χ3n) is 4.84. The number of likely N-dealkylation sites (tertiary alicyclic amines) is 1. The highest BCUT2D eigenvalue weighted by Crippen LogP contribution is 2.19. The number of hydrogen-bond donors (Lipinski definition) is 1. The Hall–Kier alpha value is -2.08. The molecule has 1 N–H and O–H groups in total. The fraction of sp³-hybridized carbons (Fsp3) is 0.556. The Balaban J connectivity index is 1.43. The lowest BCUT2D eigenvalue weighted by Gasteiger charge is -2.32. The van der Waals surface area contributed by atoms with Gasteiger partial charge in [-0.2, -0.15) is 0 Å². The first-order valence-corrected chi connectivity index (χ1v) is 8.65. The zero-order valence-corrected chi connectivity index (χ0v) is 14.3. The molecule has 3 rings (SSSR count). The van der Waals surface area contributed by atoms with Gasteiger partial charge in [0.15, 0.2) is 0 Å². The number of nitrogens with zero attached hydrogens (tertiary/aromatic N) is 3. The first kappa shape index (κ1) is 16.8. The van der Waals surface area contributed by atoms with Crippen molar-refractivity contribution in [3.63, 3.8) is 0 Å². The molecule has 3 amide bonds. The number of nitrogens with one attached hydrogen (secondary N) is 1. The van der Waals surface area contributed by atoms with E-state index < -0.39 is 0 Å². The molecule has 2 heterocycles. The minimum Gasteiger partial charge on any atom is -0.338 e. The molecule has 130 valence electrons. The van der Waals surface area contributed by atoms with Crippen molar-refractivity contribution in [2.24, 2.45) is 5.92 Å². The third-order valence-corrected chi connectivity index (χ3v) is 4.84. The molecule has 1 aromatic carbocycles. The van der Waals surface area contributed by atoms with Crippen molar-refractivity contribution in [1.82, 2.24) is 20.0 Å². The van der Waals surface area contributed by atoms with E-state index in [1.54, 1.807) is 0 Å². The number of carbonyl (C=O) groups is 2. The highest BCUT2D eigenvalue weighted by atomic mass is 16.2. The molecule has 0 bridgehead atoms. The minimum atomic E-state index is -0.00272. The molecule has 0 aromatic heterocycles. The van der Waals surface area contributed by atoms with Gasteiger partial charge in [-0.15, -0.1) is 0 Å². The molecule has 2 aliphatic rings. The van der Waals surface area contributed by atoms with Crippen molar-refractivity contribution < 1.29 is 9.59 Å². The summed E-state index contributed by atoms with van der Waals surface area (Å²) in [7, 11) is 2.07. The highest BCUT2D eigenvalue weighted by Gasteiger charge is 2.30. The van der Waals surface area contributed by atoms with Crippen molar-refractivity contribution in [3.8, 4) is 0 Å². The average molecular weight is 330 g/mol. The van der Waals surface area contributed by atoms with Crippen LogP contribution in [0.1, 0.15) is 12.0 Å². The van der Waals surface area contributed by atoms with E-state index in [9.17, 15) is 9.59 Å². The molecule has 1 unspecified atom stereocenters. The van der Waals surface area contributed by atoms with Crippen LogP contribution in [0.25, 0.3) is 0 Å². The summed E-state index contributed by atoms with van der Waals surface area (Å²) in [5.41, 5.74) is 1.15. The zero-order valence-electron chi connectivity index (χ0n) is 14.3. The number of benzene rings is 1. The van der Waals surface area contributed by atoms with E-state index in [4.69, 9.17) is 0 Å². The average Bonchev–Trinajstić information content (AvgIpc) is 2.94. The van der Waals surface area contributed by atoms with Crippen LogP contribution in [0.3, 0.4) is 0 Å². The van der Waals surface area contributed by atoms with E-state index in [1.165, 1.54) is 0 Å². The number of hydrogen-bond acceptors (Lipinski definition) is 3. The van der Waals surface area contributed by atoms with Crippen molar-refractivity contribution >= 4 is 11.9 Å². The summed E-state index contributed by atoms with van der Waals surface area (Å²) in [5, 5.41) is 3.00. The van der Waals surface area contributed by atoms with Crippen LogP contribution in [0.4, 0.5) is 4.79 Å². The number of urea groups is 1. The van der Waals surface area contributed by atoms with Gasteiger partial charge in [0.2, 0.25) is 5.91 Å². The fourth-order valence-corrected chi connectivity index (χ4v) is 3.30. The van der Waals surface area contributed by atoms with Crippen LogP contribution in [0.2, 0.25) is 0 Å². The van der Waals surface area contributed by atoms with E-state index in [1.807, 2.05) is 40.1 Å². The van der Waals surface area contributed by atoms with Gasteiger partial charge in [0.25, 0.3) is 0 Å². The molecule has 24 heavy (non-hydrogen) atoms. The standard InChI is InChI=1S/C18H26N4O2/c1-20-7-9-21(10-8-20)18(24)19-12-16-11-17(23)22(14-16)13-15-5-3-2-4-6-15/h2-6,16H,7-14H2,1H3,(H,19,24). The summed E-state index contributed by atoms with van der Waals surface area (Å²) in [6, 6.07) is 10.0. The van der Waals surface area contributed by atoms with Crippen LogP contribution in [-0.4, -0.2) is 73.0 Å². The van der Waals surface area contributed by atoms with Crippen molar-refractivity contribution in [3.05, 3.63) is 35.9 Å². The first-order chi connectivity index (χ1) is 11.6. The van der Waals surface area contributed by atoms with Gasteiger partial charge in [-0.1, -0.05) is 30.3 Å². The number of carbonyl (C=O) groups excluding carboxylic acids is 2. The summed E-state index contributed by atoms with van der Waals surface area (Å²) < 4.78 is 0.